The van der Waals surface area contributed by atoms with Crippen LogP contribution in [0.4, 0.5) is 26.3 Å². The number of fused-ring (bicyclic) bond motifs is 2. The first-order valence-electron chi connectivity index (χ1n) is 4.18. The summed E-state index contributed by atoms with van der Waals surface area (Å²) < 4.78 is 78.9. The molecule has 0 aromatic heterocycles. The molecule has 2 bridgehead atoms. The van der Waals surface area contributed by atoms with Crippen LogP contribution >= 0.6 is 0 Å². The smallest absolute Gasteiger partial charge is 0.366 e. The van der Waals surface area contributed by atoms with Crippen molar-refractivity contribution < 1.29 is 31.1 Å². The fourth-order valence-corrected chi connectivity index (χ4v) is 2.09. The van der Waals surface area contributed by atoms with E-state index in [2.05, 4.69) is 4.74 Å². The van der Waals surface area contributed by atoms with Crippen LogP contribution in [-0.4, -0.2) is 24.6 Å². The molecule has 4 atom stereocenters. The van der Waals surface area contributed by atoms with Crippen molar-refractivity contribution in [3.05, 3.63) is 12.2 Å². The van der Waals surface area contributed by atoms with Crippen LogP contribution in [0, 0.1) is 11.8 Å². The molecule has 0 spiro atoms. The first-order chi connectivity index (χ1) is 6.71. The average Bonchev–Trinajstić information content (AvgIpc) is 2.56. The molecule has 4 unspecified atom stereocenters. The van der Waals surface area contributed by atoms with Gasteiger partial charge >= 0.3 is 12.4 Å². The summed E-state index contributed by atoms with van der Waals surface area (Å²) in [6.07, 6.45) is -10.6. The number of ether oxygens (including phenoxy) is 1. The molecule has 0 aromatic carbocycles. The molecule has 0 amide bonds. The zero-order valence-electron chi connectivity index (χ0n) is 7.14. The summed E-state index contributed by atoms with van der Waals surface area (Å²) in [4.78, 5) is 0. The van der Waals surface area contributed by atoms with Gasteiger partial charge in [-0.2, -0.15) is 26.3 Å². The molecule has 1 saturated heterocycles. The highest BCUT2D eigenvalue weighted by Gasteiger charge is 2.66. The van der Waals surface area contributed by atoms with Gasteiger partial charge in [0.25, 0.3) is 0 Å². The Balaban J connectivity index is 2.33. The molecule has 15 heavy (non-hydrogen) atoms. The maximum atomic E-state index is 12.4. The monoisotopic (exact) mass is 232 g/mol. The van der Waals surface area contributed by atoms with E-state index in [0.717, 1.165) is 12.2 Å². The predicted octanol–water partition coefficient (Wildman–Crippen LogP) is 2.68. The molecule has 0 aromatic rings. The minimum atomic E-state index is -4.88. The van der Waals surface area contributed by atoms with E-state index < -0.39 is 36.4 Å². The van der Waals surface area contributed by atoms with Crippen LogP contribution in [0.3, 0.4) is 0 Å². The zero-order valence-corrected chi connectivity index (χ0v) is 7.14. The summed E-state index contributed by atoms with van der Waals surface area (Å²) in [5, 5.41) is 0. The number of hydrogen-bond donors (Lipinski definition) is 0. The quantitative estimate of drug-likeness (QED) is 0.461. The molecule has 0 saturated carbocycles. The van der Waals surface area contributed by atoms with E-state index in [4.69, 9.17) is 0 Å². The molecule has 2 rings (SSSR count). The number of alkyl halides is 6. The molecule has 2 aliphatic heterocycles. The van der Waals surface area contributed by atoms with Crippen LogP contribution in [-0.2, 0) is 4.74 Å². The van der Waals surface area contributed by atoms with Crippen molar-refractivity contribution in [2.75, 3.05) is 0 Å². The SMILES string of the molecule is FC(F)(F)C1C2C=CC(O2)C1C(F)(F)F. The highest BCUT2D eigenvalue weighted by Crippen LogP contribution is 2.53. The largest absolute Gasteiger partial charge is 0.395 e. The Bertz CT molecular complexity index is 262. The Labute approximate surface area is 80.7 Å². The first kappa shape index (κ1) is 10.8. The summed E-state index contributed by atoms with van der Waals surface area (Å²) in [5.41, 5.74) is 0. The third kappa shape index (κ3) is 1.62. The lowest BCUT2D eigenvalue weighted by molar-refractivity contribution is -0.247. The van der Waals surface area contributed by atoms with Gasteiger partial charge in [0, 0.05) is 0 Å². The summed E-state index contributed by atoms with van der Waals surface area (Å²) >= 11 is 0. The van der Waals surface area contributed by atoms with Gasteiger partial charge in [0.2, 0.25) is 0 Å². The topological polar surface area (TPSA) is 9.23 Å². The Morgan fingerprint density at radius 2 is 1.07 bits per heavy atom. The molecule has 0 N–H and O–H groups in total. The summed E-state index contributed by atoms with van der Waals surface area (Å²) in [6.45, 7) is 0. The Hall–Kier alpha value is -0.720. The molecule has 0 radical (unpaired) electrons. The first-order valence-corrected chi connectivity index (χ1v) is 4.18. The highest BCUT2D eigenvalue weighted by atomic mass is 19.4. The van der Waals surface area contributed by atoms with Crippen molar-refractivity contribution in [2.45, 2.75) is 24.6 Å². The summed E-state index contributed by atoms with van der Waals surface area (Å²) in [5.74, 6) is -4.93. The van der Waals surface area contributed by atoms with Crippen LogP contribution in [0.2, 0.25) is 0 Å². The van der Waals surface area contributed by atoms with Gasteiger partial charge in [0.1, 0.15) is 0 Å². The van der Waals surface area contributed by atoms with E-state index in [-0.39, 0.29) is 0 Å². The summed E-state index contributed by atoms with van der Waals surface area (Å²) in [7, 11) is 0. The lowest BCUT2D eigenvalue weighted by Gasteiger charge is -2.28. The Morgan fingerprint density at radius 1 is 0.733 bits per heavy atom. The number of hydrogen-bond acceptors (Lipinski definition) is 1. The van der Waals surface area contributed by atoms with Crippen LogP contribution < -0.4 is 0 Å². The fourth-order valence-electron chi connectivity index (χ4n) is 2.09. The number of rotatable bonds is 0. The van der Waals surface area contributed by atoms with E-state index in [9.17, 15) is 26.3 Å². The van der Waals surface area contributed by atoms with Crippen LogP contribution in [0.5, 0.6) is 0 Å². The third-order valence-corrected chi connectivity index (χ3v) is 2.66. The van der Waals surface area contributed by atoms with Crippen LogP contribution in [0.15, 0.2) is 12.2 Å². The van der Waals surface area contributed by atoms with Crippen molar-refractivity contribution in [2.24, 2.45) is 11.8 Å². The van der Waals surface area contributed by atoms with Crippen molar-refractivity contribution in [3.63, 3.8) is 0 Å². The molecule has 2 aliphatic rings. The molecule has 86 valence electrons. The molecule has 2 heterocycles. The van der Waals surface area contributed by atoms with Crippen LogP contribution in [0.25, 0.3) is 0 Å². The predicted molar refractivity (Wildman–Crippen MR) is 36.9 cm³/mol. The van der Waals surface area contributed by atoms with Gasteiger partial charge in [-0.05, 0) is 0 Å². The lowest BCUT2D eigenvalue weighted by Crippen LogP contribution is -2.43. The molecule has 0 aliphatic carbocycles. The van der Waals surface area contributed by atoms with E-state index in [1.54, 1.807) is 0 Å². The standard InChI is InChI=1S/C8H6F6O/c9-7(10,11)5-3-1-2-4(15-3)6(5)8(12,13)14/h1-6H. The lowest BCUT2D eigenvalue weighted by atomic mass is 9.82. The highest BCUT2D eigenvalue weighted by molar-refractivity contribution is 5.17. The minimum Gasteiger partial charge on any atom is -0.366 e. The van der Waals surface area contributed by atoms with E-state index in [1.807, 2.05) is 0 Å². The van der Waals surface area contributed by atoms with E-state index in [0.29, 0.717) is 0 Å². The zero-order chi connectivity index (χ0) is 11.4. The number of halogens is 6. The van der Waals surface area contributed by atoms with Gasteiger partial charge in [-0.15, -0.1) is 0 Å². The van der Waals surface area contributed by atoms with Crippen molar-refractivity contribution in [3.8, 4) is 0 Å². The van der Waals surface area contributed by atoms with Gasteiger partial charge in [-0.1, -0.05) is 12.2 Å². The van der Waals surface area contributed by atoms with Gasteiger partial charge in [0.15, 0.2) is 0 Å². The van der Waals surface area contributed by atoms with E-state index in [1.165, 1.54) is 0 Å². The maximum absolute atomic E-state index is 12.4. The third-order valence-electron chi connectivity index (χ3n) is 2.66. The van der Waals surface area contributed by atoms with Crippen molar-refractivity contribution >= 4 is 0 Å². The van der Waals surface area contributed by atoms with Crippen molar-refractivity contribution in [1.29, 1.82) is 0 Å². The van der Waals surface area contributed by atoms with Gasteiger partial charge in [-0.3, -0.25) is 0 Å². The summed E-state index contributed by atoms with van der Waals surface area (Å²) in [6, 6.07) is 0. The normalized spacial score (nSPS) is 40.1. The second kappa shape index (κ2) is 2.90. The van der Waals surface area contributed by atoms with Gasteiger partial charge in [-0.25, -0.2) is 0 Å². The van der Waals surface area contributed by atoms with Gasteiger partial charge in [0.05, 0.1) is 24.0 Å². The van der Waals surface area contributed by atoms with Crippen molar-refractivity contribution in [1.82, 2.24) is 0 Å². The molecular formula is C8H6F6O. The molecular weight excluding hydrogens is 226 g/mol. The average molecular weight is 232 g/mol. The van der Waals surface area contributed by atoms with Gasteiger partial charge < -0.3 is 4.74 Å². The maximum Gasteiger partial charge on any atom is 0.395 e. The molecule has 1 nitrogen and oxygen atoms in total. The Morgan fingerprint density at radius 3 is 1.33 bits per heavy atom. The van der Waals surface area contributed by atoms with E-state index >= 15 is 0 Å². The fraction of sp³-hybridized carbons (Fsp3) is 0.750. The molecule has 7 heteroatoms. The second-order valence-electron chi connectivity index (χ2n) is 3.59. The van der Waals surface area contributed by atoms with Crippen LogP contribution in [0.1, 0.15) is 0 Å². The minimum absolute atomic E-state index is 1.05. The molecule has 1 fully saturated rings. The second-order valence-corrected chi connectivity index (χ2v) is 3.59. The Kier molecular flexibility index (Phi) is 2.09.